The molecular formula is C17H25N3O3. The summed E-state index contributed by atoms with van der Waals surface area (Å²) in [6.07, 6.45) is 5.08. The van der Waals surface area contributed by atoms with Crippen LogP contribution < -0.4 is 5.32 Å². The van der Waals surface area contributed by atoms with Crippen molar-refractivity contribution in [3.8, 4) is 0 Å². The summed E-state index contributed by atoms with van der Waals surface area (Å²) in [5.41, 5.74) is -0.114. The maximum Gasteiger partial charge on any atom is 0.234 e. The second-order valence-electron chi connectivity index (χ2n) is 6.55. The number of carbonyl (C=O) groups is 1. The zero-order valence-corrected chi connectivity index (χ0v) is 13.6. The molecule has 0 spiro atoms. The number of hydrogen-bond acceptors (Lipinski definition) is 5. The van der Waals surface area contributed by atoms with E-state index in [2.05, 4.69) is 15.2 Å². The van der Waals surface area contributed by atoms with Gasteiger partial charge in [-0.3, -0.25) is 14.7 Å². The number of nitrogens with one attached hydrogen (secondary N) is 1. The molecule has 2 N–H and O–H groups in total. The Balaban J connectivity index is 1.62. The highest BCUT2D eigenvalue weighted by molar-refractivity contribution is 5.78. The topological polar surface area (TPSA) is 74.7 Å². The van der Waals surface area contributed by atoms with Crippen molar-refractivity contribution in [3.63, 3.8) is 0 Å². The van der Waals surface area contributed by atoms with Gasteiger partial charge in [-0.05, 0) is 37.8 Å². The molecule has 0 radical (unpaired) electrons. The maximum atomic E-state index is 12.1. The van der Waals surface area contributed by atoms with Crippen LogP contribution in [0.3, 0.4) is 0 Å². The summed E-state index contributed by atoms with van der Waals surface area (Å²) in [4.78, 5) is 18.6. The Kier molecular flexibility index (Phi) is 4.94. The molecule has 126 valence electrons. The van der Waals surface area contributed by atoms with Gasteiger partial charge in [-0.1, -0.05) is 6.07 Å². The first-order valence-electron chi connectivity index (χ1n) is 8.27. The summed E-state index contributed by atoms with van der Waals surface area (Å²) in [6, 6.07) is 6.16. The number of pyridine rings is 1. The average Bonchev–Trinajstić information content (AvgIpc) is 2.80. The summed E-state index contributed by atoms with van der Waals surface area (Å²) in [5.74, 6) is 0.0298. The predicted octanol–water partition coefficient (Wildman–Crippen LogP) is 0.659. The first kappa shape index (κ1) is 16.4. The number of piperidine rings is 1. The van der Waals surface area contributed by atoms with Crippen molar-refractivity contribution in [2.45, 2.75) is 43.4 Å². The first-order chi connectivity index (χ1) is 11.1. The number of hydrogen-bond donors (Lipinski definition) is 2. The van der Waals surface area contributed by atoms with Gasteiger partial charge < -0.3 is 15.2 Å². The molecule has 3 heterocycles. The quantitative estimate of drug-likeness (QED) is 0.754. The molecule has 1 aromatic heterocycles. The lowest BCUT2D eigenvalue weighted by molar-refractivity contribution is -0.126. The lowest BCUT2D eigenvalue weighted by atomic mass is 9.83. The Morgan fingerprint density at radius 3 is 2.78 bits per heavy atom. The van der Waals surface area contributed by atoms with Crippen molar-refractivity contribution in [1.82, 2.24) is 15.2 Å². The van der Waals surface area contributed by atoms with Crippen LogP contribution in [0.25, 0.3) is 0 Å². The summed E-state index contributed by atoms with van der Waals surface area (Å²) in [5, 5.41) is 13.9. The molecule has 2 fully saturated rings. The van der Waals surface area contributed by atoms with Crippen LogP contribution in [0.5, 0.6) is 0 Å². The van der Waals surface area contributed by atoms with Crippen LogP contribution in [0, 0.1) is 0 Å². The van der Waals surface area contributed by atoms with Gasteiger partial charge in [-0.2, -0.15) is 0 Å². The Hall–Kier alpha value is -1.50. The van der Waals surface area contributed by atoms with Crippen molar-refractivity contribution in [1.29, 1.82) is 0 Å². The third-order valence-corrected chi connectivity index (χ3v) is 5.01. The minimum Gasteiger partial charge on any atom is -0.383 e. The molecule has 2 saturated heterocycles. The molecular weight excluding hydrogens is 294 g/mol. The Morgan fingerprint density at radius 1 is 1.43 bits per heavy atom. The summed E-state index contributed by atoms with van der Waals surface area (Å²) in [7, 11) is 1.62. The van der Waals surface area contributed by atoms with E-state index in [1.54, 1.807) is 13.3 Å². The van der Waals surface area contributed by atoms with E-state index in [9.17, 15) is 9.90 Å². The number of amides is 1. The SMILES string of the molecule is COCCNC(=O)CN1[C@H]2CC[C@H]1CC(O)(c1ccccn1)C2. The lowest BCUT2D eigenvalue weighted by Gasteiger charge is -2.43. The lowest BCUT2D eigenvalue weighted by Crippen LogP contribution is -2.52. The van der Waals surface area contributed by atoms with Crippen LogP contribution >= 0.6 is 0 Å². The van der Waals surface area contributed by atoms with Crippen molar-refractivity contribution < 1.29 is 14.6 Å². The number of methoxy groups -OCH3 is 1. The van der Waals surface area contributed by atoms with E-state index in [1.165, 1.54) is 0 Å². The number of fused-ring (bicyclic) bond motifs is 2. The van der Waals surface area contributed by atoms with Gasteiger partial charge in [-0.15, -0.1) is 0 Å². The van der Waals surface area contributed by atoms with Crippen molar-refractivity contribution >= 4 is 5.91 Å². The van der Waals surface area contributed by atoms with E-state index in [0.717, 1.165) is 18.5 Å². The molecule has 1 aromatic rings. The number of rotatable bonds is 6. The molecule has 2 atom stereocenters. The molecule has 6 nitrogen and oxygen atoms in total. The van der Waals surface area contributed by atoms with Gasteiger partial charge in [0.25, 0.3) is 0 Å². The van der Waals surface area contributed by atoms with E-state index >= 15 is 0 Å². The normalized spacial score (nSPS) is 30.3. The van der Waals surface area contributed by atoms with Gasteiger partial charge in [-0.25, -0.2) is 0 Å². The monoisotopic (exact) mass is 319 g/mol. The third kappa shape index (κ3) is 3.54. The molecule has 0 saturated carbocycles. The zero-order chi connectivity index (χ0) is 16.3. The third-order valence-electron chi connectivity index (χ3n) is 5.01. The van der Waals surface area contributed by atoms with Gasteiger partial charge in [0.15, 0.2) is 0 Å². The van der Waals surface area contributed by atoms with Crippen LogP contribution in [0.4, 0.5) is 0 Å². The minimum atomic E-state index is -0.865. The highest BCUT2D eigenvalue weighted by Gasteiger charge is 2.49. The van der Waals surface area contributed by atoms with Crippen LogP contribution in [-0.4, -0.2) is 59.8 Å². The Labute approximate surface area is 136 Å². The maximum absolute atomic E-state index is 12.1. The number of ether oxygens (including phenoxy) is 1. The predicted molar refractivity (Wildman–Crippen MR) is 85.8 cm³/mol. The molecule has 3 rings (SSSR count). The van der Waals surface area contributed by atoms with Crippen LogP contribution in [0.15, 0.2) is 24.4 Å². The second kappa shape index (κ2) is 6.95. The largest absolute Gasteiger partial charge is 0.383 e. The van der Waals surface area contributed by atoms with Crippen LogP contribution in [-0.2, 0) is 15.1 Å². The minimum absolute atomic E-state index is 0.0298. The van der Waals surface area contributed by atoms with Crippen LogP contribution in [0.2, 0.25) is 0 Å². The van der Waals surface area contributed by atoms with E-state index in [1.807, 2.05) is 18.2 Å². The Bertz CT molecular complexity index is 523. The Morgan fingerprint density at radius 2 is 2.17 bits per heavy atom. The highest BCUT2D eigenvalue weighted by Crippen LogP contribution is 2.44. The standard InChI is InChI=1S/C17H25N3O3/c1-23-9-8-19-16(21)12-20-13-5-6-14(20)11-17(22,10-13)15-4-2-3-7-18-15/h2-4,7,13-14,22H,5-6,8-12H2,1H3,(H,19,21)/t13-,14-/m0/s1. The molecule has 0 aliphatic carbocycles. The van der Waals surface area contributed by atoms with E-state index in [-0.39, 0.29) is 18.0 Å². The van der Waals surface area contributed by atoms with Crippen molar-refractivity contribution in [2.24, 2.45) is 0 Å². The second-order valence-corrected chi connectivity index (χ2v) is 6.55. The molecule has 2 aliphatic heterocycles. The first-order valence-corrected chi connectivity index (χ1v) is 8.27. The summed E-state index contributed by atoms with van der Waals surface area (Å²) < 4.78 is 4.94. The summed E-state index contributed by atoms with van der Waals surface area (Å²) >= 11 is 0. The van der Waals surface area contributed by atoms with Crippen LogP contribution in [0.1, 0.15) is 31.4 Å². The van der Waals surface area contributed by atoms with Gasteiger partial charge in [0, 0.05) is 31.9 Å². The molecule has 2 aliphatic rings. The van der Waals surface area contributed by atoms with E-state index in [4.69, 9.17) is 4.74 Å². The van der Waals surface area contributed by atoms with E-state index < -0.39 is 5.60 Å². The fourth-order valence-electron chi connectivity index (χ4n) is 3.94. The zero-order valence-electron chi connectivity index (χ0n) is 13.6. The van der Waals surface area contributed by atoms with Crippen molar-refractivity contribution in [2.75, 3.05) is 26.8 Å². The summed E-state index contributed by atoms with van der Waals surface area (Å²) in [6.45, 7) is 1.46. The molecule has 1 amide bonds. The van der Waals surface area contributed by atoms with E-state index in [0.29, 0.717) is 32.5 Å². The molecule has 0 aromatic carbocycles. The highest BCUT2D eigenvalue weighted by atomic mass is 16.5. The van der Waals surface area contributed by atoms with Gasteiger partial charge in [0.2, 0.25) is 5.91 Å². The smallest absolute Gasteiger partial charge is 0.234 e. The number of aromatic nitrogens is 1. The van der Waals surface area contributed by atoms with Gasteiger partial charge in [0.1, 0.15) is 5.60 Å². The molecule has 0 unspecified atom stereocenters. The fourth-order valence-corrected chi connectivity index (χ4v) is 3.94. The van der Waals surface area contributed by atoms with Gasteiger partial charge in [0.05, 0.1) is 18.8 Å². The average molecular weight is 319 g/mol. The number of carbonyl (C=O) groups excluding carboxylic acids is 1. The molecule has 6 heteroatoms. The number of nitrogens with zero attached hydrogens (tertiary/aromatic N) is 2. The number of aliphatic hydroxyl groups is 1. The molecule has 2 bridgehead atoms. The molecule has 23 heavy (non-hydrogen) atoms. The fraction of sp³-hybridized carbons (Fsp3) is 0.647. The van der Waals surface area contributed by atoms with Crippen molar-refractivity contribution in [3.05, 3.63) is 30.1 Å². The van der Waals surface area contributed by atoms with Gasteiger partial charge >= 0.3 is 0 Å².